The van der Waals surface area contributed by atoms with E-state index in [1.54, 1.807) is 5.51 Å². The third-order valence-electron chi connectivity index (χ3n) is 5.22. The van der Waals surface area contributed by atoms with E-state index in [-0.39, 0.29) is 5.91 Å². The molecule has 3 aromatic rings. The molecule has 0 bridgehead atoms. The molecule has 138 valence electrons. The third-order valence-corrected chi connectivity index (χ3v) is 6.14. The number of thiazole rings is 1. The maximum absolute atomic E-state index is 12.7. The van der Waals surface area contributed by atoms with Crippen LogP contribution in [0.3, 0.4) is 0 Å². The lowest BCUT2D eigenvalue weighted by molar-refractivity contribution is 0.0716. The molecular weight excluding hydrogens is 354 g/mol. The second-order valence-electron chi connectivity index (χ2n) is 7.12. The second kappa shape index (κ2) is 7.61. The van der Waals surface area contributed by atoms with Crippen LogP contribution in [0.2, 0.25) is 0 Å². The predicted molar refractivity (Wildman–Crippen MR) is 109 cm³/mol. The fourth-order valence-electron chi connectivity index (χ4n) is 3.73. The van der Waals surface area contributed by atoms with E-state index in [0.29, 0.717) is 5.92 Å². The first-order chi connectivity index (χ1) is 13.1. The van der Waals surface area contributed by atoms with Crippen molar-refractivity contribution in [1.29, 1.82) is 0 Å². The van der Waals surface area contributed by atoms with Crippen LogP contribution in [0.5, 0.6) is 0 Å². The number of aromatic nitrogens is 2. The molecule has 1 fully saturated rings. The van der Waals surface area contributed by atoms with Crippen molar-refractivity contribution in [2.24, 2.45) is 0 Å². The van der Waals surface area contributed by atoms with E-state index in [4.69, 9.17) is 4.98 Å². The van der Waals surface area contributed by atoms with Crippen molar-refractivity contribution < 1.29 is 4.79 Å². The van der Waals surface area contributed by atoms with Crippen molar-refractivity contribution in [3.63, 3.8) is 0 Å². The molecule has 5 heteroatoms. The lowest BCUT2D eigenvalue weighted by atomic mass is 9.91. The highest BCUT2D eigenvalue weighted by molar-refractivity contribution is 7.11. The molecule has 1 amide bonds. The summed E-state index contributed by atoms with van der Waals surface area (Å²) in [6, 6.07) is 14.8. The van der Waals surface area contributed by atoms with E-state index in [1.807, 2.05) is 17.9 Å². The molecule has 27 heavy (non-hydrogen) atoms. The van der Waals surface area contributed by atoms with E-state index in [9.17, 15) is 4.79 Å². The number of hydrogen-bond donors (Lipinski definition) is 0. The van der Waals surface area contributed by atoms with E-state index < -0.39 is 0 Å². The molecule has 0 spiro atoms. The first-order valence-corrected chi connectivity index (χ1v) is 10.2. The molecule has 1 aliphatic heterocycles. The van der Waals surface area contributed by atoms with E-state index in [1.165, 1.54) is 22.5 Å². The average Bonchev–Trinajstić information content (AvgIpc) is 3.13. The monoisotopic (exact) mass is 377 g/mol. The normalized spacial score (nSPS) is 15.1. The number of pyridine rings is 1. The molecule has 0 radical (unpaired) electrons. The van der Waals surface area contributed by atoms with Gasteiger partial charge in [-0.25, -0.2) is 4.98 Å². The van der Waals surface area contributed by atoms with Crippen molar-refractivity contribution in [2.75, 3.05) is 13.1 Å². The van der Waals surface area contributed by atoms with Crippen LogP contribution in [0.15, 0.2) is 48.0 Å². The Balaban J connectivity index is 1.49. The molecule has 4 nitrogen and oxygen atoms in total. The lowest BCUT2D eigenvalue weighted by Crippen LogP contribution is -2.38. The molecule has 1 aromatic carbocycles. The Morgan fingerprint density at radius 1 is 1.07 bits per heavy atom. The summed E-state index contributed by atoms with van der Waals surface area (Å²) in [6.07, 6.45) is 1.91. The fourth-order valence-corrected chi connectivity index (χ4v) is 4.50. The molecule has 0 aliphatic carbocycles. The third kappa shape index (κ3) is 3.78. The van der Waals surface area contributed by atoms with E-state index in [0.717, 1.165) is 47.9 Å². The standard InChI is InChI=1S/C22H23N3OS/c1-15-12-19(17-6-4-3-5-7-17)13-20(24-15)18-8-10-25(11-9-18)22(26)21-16(2)23-14-27-21/h3-7,12-14,18H,8-11H2,1-2H3. The highest BCUT2D eigenvalue weighted by atomic mass is 32.1. The number of carbonyl (C=O) groups is 1. The fraction of sp³-hybridized carbons (Fsp3) is 0.318. The summed E-state index contributed by atoms with van der Waals surface area (Å²) >= 11 is 1.44. The molecule has 0 N–H and O–H groups in total. The second-order valence-corrected chi connectivity index (χ2v) is 7.98. The molecular formula is C22H23N3OS. The number of piperidine rings is 1. The SMILES string of the molecule is Cc1cc(-c2ccccc2)cc(C2CCN(C(=O)c3scnc3C)CC2)n1. The highest BCUT2D eigenvalue weighted by Crippen LogP contribution is 2.31. The van der Waals surface area contributed by atoms with Gasteiger partial charge in [0.25, 0.3) is 5.91 Å². The Morgan fingerprint density at radius 3 is 2.48 bits per heavy atom. The summed E-state index contributed by atoms with van der Waals surface area (Å²) in [7, 11) is 0. The number of carbonyl (C=O) groups excluding carboxylic acids is 1. The minimum absolute atomic E-state index is 0.121. The maximum atomic E-state index is 12.7. The lowest BCUT2D eigenvalue weighted by Gasteiger charge is -2.31. The Labute approximate surface area is 163 Å². The van der Waals surface area contributed by atoms with Gasteiger partial charge < -0.3 is 4.90 Å². The average molecular weight is 378 g/mol. The summed E-state index contributed by atoms with van der Waals surface area (Å²) < 4.78 is 0. The van der Waals surface area contributed by atoms with Crippen LogP contribution >= 0.6 is 11.3 Å². The van der Waals surface area contributed by atoms with Crippen molar-refractivity contribution >= 4 is 17.2 Å². The van der Waals surface area contributed by atoms with E-state index >= 15 is 0 Å². The van der Waals surface area contributed by atoms with Crippen molar-refractivity contribution in [3.05, 3.63) is 69.9 Å². The Kier molecular flexibility index (Phi) is 5.03. The zero-order valence-electron chi connectivity index (χ0n) is 15.7. The summed E-state index contributed by atoms with van der Waals surface area (Å²) in [5.74, 6) is 0.523. The van der Waals surface area contributed by atoms with Gasteiger partial charge in [-0.2, -0.15) is 0 Å². The molecule has 1 saturated heterocycles. The topological polar surface area (TPSA) is 46.1 Å². The minimum atomic E-state index is 0.121. The van der Waals surface area contributed by atoms with Crippen LogP contribution in [0.4, 0.5) is 0 Å². The number of benzene rings is 1. The molecule has 4 rings (SSSR count). The predicted octanol–water partition coefficient (Wildman–Crippen LogP) is 4.84. The molecule has 2 aromatic heterocycles. The van der Waals surface area contributed by atoms with Gasteiger partial charge >= 0.3 is 0 Å². The summed E-state index contributed by atoms with van der Waals surface area (Å²) in [6.45, 7) is 5.51. The molecule has 0 saturated carbocycles. The quantitative estimate of drug-likeness (QED) is 0.656. The van der Waals surface area contributed by atoms with Crippen molar-refractivity contribution in [3.8, 4) is 11.1 Å². The highest BCUT2D eigenvalue weighted by Gasteiger charge is 2.27. The van der Waals surface area contributed by atoms with Crippen LogP contribution in [-0.2, 0) is 0 Å². The van der Waals surface area contributed by atoms with Gasteiger partial charge in [-0.1, -0.05) is 30.3 Å². The summed E-state index contributed by atoms with van der Waals surface area (Å²) in [5, 5.41) is 0. The molecule has 0 unspecified atom stereocenters. The zero-order chi connectivity index (χ0) is 18.8. The Bertz CT molecular complexity index is 943. The zero-order valence-corrected chi connectivity index (χ0v) is 16.5. The maximum Gasteiger partial charge on any atom is 0.265 e. The largest absolute Gasteiger partial charge is 0.338 e. The van der Waals surface area contributed by atoms with Gasteiger partial charge in [0.1, 0.15) is 4.88 Å². The van der Waals surface area contributed by atoms with Crippen LogP contribution < -0.4 is 0 Å². The van der Waals surface area contributed by atoms with Crippen molar-refractivity contribution in [1.82, 2.24) is 14.9 Å². The Hall–Kier alpha value is -2.53. The first kappa shape index (κ1) is 17.9. The smallest absolute Gasteiger partial charge is 0.265 e. The van der Waals surface area contributed by atoms with Gasteiger partial charge in [0.2, 0.25) is 0 Å². The number of hydrogen-bond acceptors (Lipinski definition) is 4. The summed E-state index contributed by atoms with van der Waals surface area (Å²) in [5.41, 5.74) is 7.21. The number of amides is 1. The molecule has 0 atom stereocenters. The molecule has 3 heterocycles. The summed E-state index contributed by atoms with van der Waals surface area (Å²) in [4.78, 5) is 24.4. The number of nitrogens with zero attached hydrogens (tertiary/aromatic N) is 3. The van der Waals surface area contributed by atoms with Crippen LogP contribution in [0, 0.1) is 13.8 Å². The van der Waals surface area contributed by atoms with E-state index in [2.05, 4.69) is 48.3 Å². The number of rotatable bonds is 3. The minimum Gasteiger partial charge on any atom is -0.338 e. The van der Waals surface area contributed by atoms with Gasteiger partial charge in [0.05, 0.1) is 11.2 Å². The number of aryl methyl sites for hydroxylation is 2. The molecule has 1 aliphatic rings. The van der Waals surface area contributed by atoms with Gasteiger partial charge in [-0.05, 0) is 49.9 Å². The van der Waals surface area contributed by atoms with Crippen LogP contribution in [0.1, 0.15) is 45.5 Å². The Morgan fingerprint density at radius 2 is 1.81 bits per heavy atom. The van der Waals surface area contributed by atoms with Crippen LogP contribution in [0.25, 0.3) is 11.1 Å². The van der Waals surface area contributed by atoms with Crippen molar-refractivity contribution in [2.45, 2.75) is 32.6 Å². The van der Waals surface area contributed by atoms with Gasteiger partial charge in [0.15, 0.2) is 0 Å². The van der Waals surface area contributed by atoms with Gasteiger partial charge in [-0.3, -0.25) is 9.78 Å². The van der Waals surface area contributed by atoms with Gasteiger partial charge in [-0.15, -0.1) is 11.3 Å². The van der Waals surface area contributed by atoms with Gasteiger partial charge in [0, 0.05) is 30.4 Å². The number of likely N-dealkylation sites (tertiary alicyclic amines) is 1. The van der Waals surface area contributed by atoms with Crippen LogP contribution in [-0.4, -0.2) is 33.9 Å². The first-order valence-electron chi connectivity index (χ1n) is 9.35.